The fourth-order valence-corrected chi connectivity index (χ4v) is 3.07. The Bertz CT molecular complexity index is 1010. The summed E-state index contributed by atoms with van der Waals surface area (Å²) >= 11 is 0. The van der Waals surface area contributed by atoms with Gasteiger partial charge in [-0.25, -0.2) is 9.36 Å². The summed E-state index contributed by atoms with van der Waals surface area (Å²) in [5, 5.41) is 15.5. The number of carbonyl (C=O) groups excluding carboxylic acids is 1. The first-order chi connectivity index (χ1) is 13.7. The Kier molecular flexibility index (Phi) is 4.92. The molecule has 0 radical (unpaired) electrons. The van der Waals surface area contributed by atoms with E-state index in [1.165, 1.54) is 11.0 Å². The van der Waals surface area contributed by atoms with Crippen LogP contribution in [0.15, 0.2) is 79.4 Å². The van der Waals surface area contributed by atoms with E-state index in [1.54, 1.807) is 22.8 Å². The molecule has 1 unspecified atom stereocenters. The van der Waals surface area contributed by atoms with Crippen LogP contribution in [-0.4, -0.2) is 47.8 Å². The van der Waals surface area contributed by atoms with E-state index in [9.17, 15) is 4.79 Å². The van der Waals surface area contributed by atoms with Crippen molar-refractivity contribution in [1.82, 2.24) is 34.9 Å². The summed E-state index contributed by atoms with van der Waals surface area (Å²) in [6.45, 7) is 0.476. The van der Waals surface area contributed by atoms with E-state index in [0.29, 0.717) is 6.54 Å². The number of benzene rings is 2. The Balaban J connectivity index is 1.53. The number of nitrogens with zero attached hydrogens (tertiary/aromatic N) is 7. The molecule has 4 rings (SSSR count). The number of hydrogen-bond acceptors (Lipinski definition) is 5. The lowest BCUT2D eigenvalue weighted by molar-refractivity contribution is -0.133. The van der Waals surface area contributed by atoms with Crippen molar-refractivity contribution in [3.63, 3.8) is 0 Å². The van der Waals surface area contributed by atoms with E-state index in [2.05, 4.69) is 20.6 Å². The van der Waals surface area contributed by atoms with Crippen molar-refractivity contribution >= 4 is 5.91 Å². The van der Waals surface area contributed by atoms with Gasteiger partial charge in [-0.2, -0.15) is 5.10 Å². The second-order valence-corrected chi connectivity index (χ2v) is 6.41. The number of tetrazole rings is 1. The lowest BCUT2D eigenvalue weighted by Crippen LogP contribution is -2.35. The molecule has 0 bridgehead atoms. The summed E-state index contributed by atoms with van der Waals surface area (Å²) in [4.78, 5) is 14.9. The van der Waals surface area contributed by atoms with E-state index >= 15 is 0 Å². The van der Waals surface area contributed by atoms with Gasteiger partial charge in [0.25, 0.3) is 5.91 Å². The Morgan fingerprint density at radius 1 is 1.07 bits per heavy atom. The SMILES string of the molecule is CN(Cc1ccc(-n2cccn2)cc1)C(=O)C(c1ccccc1)n1cnnn1. The first kappa shape index (κ1) is 17.6. The van der Waals surface area contributed by atoms with Crippen molar-refractivity contribution in [2.75, 3.05) is 7.05 Å². The van der Waals surface area contributed by atoms with Crippen LogP contribution in [0, 0.1) is 0 Å². The minimum absolute atomic E-state index is 0.0883. The fraction of sp³-hybridized carbons (Fsp3) is 0.150. The van der Waals surface area contributed by atoms with Gasteiger partial charge in [-0.05, 0) is 39.8 Å². The number of rotatable bonds is 6. The molecule has 0 spiro atoms. The first-order valence-electron chi connectivity index (χ1n) is 8.84. The van der Waals surface area contributed by atoms with Gasteiger partial charge in [0.2, 0.25) is 0 Å². The van der Waals surface area contributed by atoms with E-state index < -0.39 is 6.04 Å². The van der Waals surface area contributed by atoms with Gasteiger partial charge in [-0.15, -0.1) is 5.10 Å². The van der Waals surface area contributed by atoms with Gasteiger partial charge in [-0.1, -0.05) is 42.5 Å². The predicted octanol–water partition coefficient (Wildman–Crippen LogP) is 2.11. The summed E-state index contributed by atoms with van der Waals surface area (Å²) < 4.78 is 3.27. The van der Waals surface area contributed by atoms with Crippen molar-refractivity contribution in [3.05, 3.63) is 90.5 Å². The monoisotopic (exact) mass is 373 g/mol. The molecule has 0 saturated carbocycles. The van der Waals surface area contributed by atoms with Crippen LogP contribution in [-0.2, 0) is 11.3 Å². The topological polar surface area (TPSA) is 81.7 Å². The second kappa shape index (κ2) is 7.83. The maximum absolute atomic E-state index is 13.2. The molecule has 0 saturated heterocycles. The van der Waals surface area contributed by atoms with Crippen LogP contribution in [0.25, 0.3) is 5.69 Å². The predicted molar refractivity (Wildman–Crippen MR) is 102 cm³/mol. The maximum Gasteiger partial charge on any atom is 0.252 e. The highest BCUT2D eigenvalue weighted by Crippen LogP contribution is 2.20. The van der Waals surface area contributed by atoms with Crippen LogP contribution in [0.2, 0.25) is 0 Å². The van der Waals surface area contributed by atoms with Crippen molar-refractivity contribution < 1.29 is 4.79 Å². The molecule has 28 heavy (non-hydrogen) atoms. The number of carbonyl (C=O) groups is 1. The quantitative estimate of drug-likeness (QED) is 0.517. The lowest BCUT2D eigenvalue weighted by atomic mass is 10.1. The van der Waals surface area contributed by atoms with Crippen LogP contribution < -0.4 is 0 Å². The Morgan fingerprint density at radius 2 is 1.86 bits per heavy atom. The highest BCUT2D eigenvalue weighted by molar-refractivity contribution is 5.83. The third kappa shape index (κ3) is 3.66. The largest absolute Gasteiger partial charge is 0.339 e. The van der Waals surface area contributed by atoms with Gasteiger partial charge in [-0.3, -0.25) is 4.79 Å². The zero-order valence-corrected chi connectivity index (χ0v) is 15.3. The van der Waals surface area contributed by atoms with Crippen LogP contribution in [0.5, 0.6) is 0 Å². The molecule has 8 heteroatoms. The van der Waals surface area contributed by atoms with Crippen molar-refractivity contribution in [2.24, 2.45) is 0 Å². The van der Waals surface area contributed by atoms with Gasteiger partial charge < -0.3 is 4.90 Å². The average Bonchev–Trinajstić information content (AvgIpc) is 3.44. The van der Waals surface area contributed by atoms with Gasteiger partial charge in [0.05, 0.1) is 5.69 Å². The minimum Gasteiger partial charge on any atom is -0.339 e. The Hall–Kier alpha value is -3.81. The van der Waals surface area contributed by atoms with Gasteiger partial charge in [0.1, 0.15) is 6.33 Å². The molecular weight excluding hydrogens is 354 g/mol. The number of amides is 1. The third-order valence-corrected chi connectivity index (χ3v) is 4.48. The van der Waals surface area contributed by atoms with Crippen LogP contribution in [0.3, 0.4) is 0 Å². The average molecular weight is 373 g/mol. The molecular formula is C20H19N7O. The van der Waals surface area contributed by atoms with E-state index in [-0.39, 0.29) is 5.91 Å². The zero-order chi connectivity index (χ0) is 19.3. The maximum atomic E-state index is 13.2. The Labute approximate surface area is 162 Å². The van der Waals surface area contributed by atoms with Crippen LogP contribution >= 0.6 is 0 Å². The highest BCUT2D eigenvalue weighted by Gasteiger charge is 2.26. The Morgan fingerprint density at radius 3 is 2.50 bits per heavy atom. The summed E-state index contributed by atoms with van der Waals surface area (Å²) in [6, 6.07) is 18.7. The van der Waals surface area contributed by atoms with Crippen molar-refractivity contribution in [1.29, 1.82) is 0 Å². The number of hydrogen-bond donors (Lipinski definition) is 0. The number of likely N-dealkylation sites (N-methyl/N-ethyl adjacent to an activating group) is 1. The molecule has 1 atom stereocenters. The lowest BCUT2D eigenvalue weighted by Gasteiger charge is -2.24. The molecule has 0 fully saturated rings. The van der Waals surface area contributed by atoms with Crippen LogP contribution in [0.1, 0.15) is 17.2 Å². The molecule has 2 heterocycles. The third-order valence-electron chi connectivity index (χ3n) is 4.48. The van der Waals surface area contributed by atoms with E-state index in [4.69, 9.17) is 0 Å². The minimum atomic E-state index is -0.607. The molecule has 0 aliphatic heterocycles. The molecule has 1 amide bonds. The summed E-state index contributed by atoms with van der Waals surface area (Å²) in [7, 11) is 1.78. The highest BCUT2D eigenvalue weighted by atomic mass is 16.2. The molecule has 2 aromatic carbocycles. The molecule has 0 N–H and O–H groups in total. The van der Waals surface area contributed by atoms with E-state index in [1.807, 2.05) is 66.9 Å². The summed E-state index contributed by atoms with van der Waals surface area (Å²) in [5.41, 5.74) is 2.83. The van der Waals surface area contributed by atoms with Gasteiger partial charge in [0, 0.05) is 26.0 Å². The molecule has 8 nitrogen and oxygen atoms in total. The molecule has 140 valence electrons. The van der Waals surface area contributed by atoms with Crippen molar-refractivity contribution in [2.45, 2.75) is 12.6 Å². The molecule has 4 aromatic rings. The normalized spacial score (nSPS) is 11.9. The summed E-state index contributed by atoms with van der Waals surface area (Å²) in [5.74, 6) is -0.0883. The molecule has 0 aliphatic rings. The standard InChI is InChI=1S/C20H19N7O/c1-25(14-16-8-10-18(11-9-16)26-13-5-12-22-26)20(28)19(27-15-21-23-24-27)17-6-3-2-4-7-17/h2-13,15,19H,14H2,1H3. The fourth-order valence-electron chi connectivity index (χ4n) is 3.07. The number of aromatic nitrogens is 6. The van der Waals surface area contributed by atoms with Gasteiger partial charge in [0.15, 0.2) is 6.04 Å². The van der Waals surface area contributed by atoms with Crippen molar-refractivity contribution in [3.8, 4) is 5.69 Å². The smallest absolute Gasteiger partial charge is 0.252 e. The summed E-state index contributed by atoms with van der Waals surface area (Å²) in [6.07, 6.45) is 5.09. The molecule has 0 aliphatic carbocycles. The van der Waals surface area contributed by atoms with Crippen LogP contribution in [0.4, 0.5) is 0 Å². The van der Waals surface area contributed by atoms with Gasteiger partial charge >= 0.3 is 0 Å². The zero-order valence-electron chi connectivity index (χ0n) is 15.3. The first-order valence-corrected chi connectivity index (χ1v) is 8.84. The molecule has 2 aromatic heterocycles. The second-order valence-electron chi connectivity index (χ2n) is 6.41. The van der Waals surface area contributed by atoms with E-state index in [0.717, 1.165) is 16.8 Å².